The van der Waals surface area contributed by atoms with Gasteiger partial charge in [-0.1, -0.05) is 6.07 Å². The Morgan fingerprint density at radius 2 is 2.13 bits per heavy atom. The Hall–Kier alpha value is -1.89. The fourth-order valence-electron chi connectivity index (χ4n) is 2.51. The number of aryl methyl sites for hydroxylation is 1. The van der Waals surface area contributed by atoms with Gasteiger partial charge in [0.15, 0.2) is 0 Å². The number of aliphatic hydroxyl groups excluding tert-OH is 1. The Labute approximate surface area is 134 Å². The summed E-state index contributed by atoms with van der Waals surface area (Å²) in [6, 6.07) is 4.75. The van der Waals surface area contributed by atoms with E-state index in [1.165, 1.54) is 0 Å². The van der Waals surface area contributed by atoms with Crippen LogP contribution in [-0.2, 0) is 0 Å². The van der Waals surface area contributed by atoms with E-state index in [1.807, 2.05) is 0 Å². The Balaban J connectivity index is 1.94. The second-order valence-electron chi connectivity index (χ2n) is 5.73. The van der Waals surface area contributed by atoms with Crippen molar-refractivity contribution in [1.82, 2.24) is 4.90 Å². The average molecular weight is 328 g/mol. The third-order valence-electron chi connectivity index (χ3n) is 3.96. The van der Waals surface area contributed by atoms with E-state index in [9.17, 15) is 13.6 Å². The Morgan fingerprint density at radius 3 is 2.74 bits per heavy atom. The number of carbonyl (C=O) groups excluding carboxylic acids is 1. The second kappa shape index (κ2) is 8.10. The van der Waals surface area contributed by atoms with Crippen LogP contribution in [0.15, 0.2) is 18.2 Å². The molecule has 0 aliphatic carbocycles. The van der Waals surface area contributed by atoms with E-state index in [4.69, 9.17) is 9.84 Å². The highest BCUT2D eigenvalue weighted by Crippen LogP contribution is 2.24. The van der Waals surface area contributed by atoms with Crippen LogP contribution in [0.3, 0.4) is 0 Å². The summed E-state index contributed by atoms with van der Waals surface area (Å²) in [5.74, 6) is 0.592. The lowest BCUT2D eigenvalue weighted by atomic mass is 9.98. The minimum Gasteiger partial charge on any atom is -0.487 e. The third-order valence-corrected chi connectivity index (χ3v) is 3.96. The van der Waals surface area contributed by atoms with Gasteiger partial charge in [-0.25, -0.2) is 13.6 Å². The van der Waals surface area contributed by atoms with E-state index < -0.39 is 13.0 Å². The summed E-state index contributed by atoms with van der Waals surface area (Å²) in [6.07, 6.45) is -0.985. The number of halogens is 2. The first-order valence-corrected chi connectivity index (χ1v) is 7.68. The standard InChI is InChI=1S/C16H22F2N2O3/c1-11-2-3-13(8-14(11)23-10-15(17)18)19-16(22)20-6-4-12(9-21)5-7-20/h2-3,8,12,15,21H,4-7,9-10H2,1H3,(H,19,22). The molecule has 1 aromatic carbocycles. The molecule has 0 atom stereocenters. The van der Waals surface area contributed by atoms with E-state index in [1.54, 1.807) is 30.0 Å². The van der Waals surface area contributed by atoms with Crippen LogP contribution in [0.5, 0.6) is 5.75 Å². The Bertz CT molecular complexity index is 532. The molecule has 0 spiro atoms. The summed E-state index contributed by atoms with van der Waals surface area (Å²) < 4.78 is 29.5. The van der Waals surface area contributed by atoms with E-state index in [0.29, 0.717) is 24.5 Å². The number of hydrogen-bond donors (Lipinski definition) is 2. The molecule has 7 heteroatoms. The topological polar surface area (TPSA) is 61.8 Å². The highest BCUT2D eigenvalue weighted by molar-refractivity contribution is 5.89. The number of anilines is 1. The van der Waals surface area contributed by atoms with Gasteiger partial charge in [0, 0.05) is 31.5 Å². The van der Waals surface area contributed by atoms with Gasteiger partial charge >= 0.3 is 6.03 Å². The lowest BCUT2D eigenvalue weighted by molar-refractivity contribution is 0.0816. The van der Waals surface area contributed by atoms with Gasteiger partial charge < -0.3 is 20.1 Å². The number of hydrogen-bond acceptors (Lipinski definition) is 3. The number of likely N-dealkylation sites (tertiary alicyclic amines) is 1. The van der Waals surface area contributed by atoms with Crippen LogP contribution >= 0.6 is 0 Å². The Kier molecular flexibility index (Phi) is 6.15. The number of ether oxygens (including phenoxy) is 1. The van der Waals surface area contributed by atoms with E-state index in [0.717, 1.165) is 18.4 Å². The maximum atomic E-state index is 12.2. The summed E-state index contributed by atoms with van der Waals surface area (Å²) in [5.41, 5.74) is 1.24. The molecular formula is C16H22F2N2O3. The van der Waals surface area contributed by atoms with Gasteiger partial charge in [-0.15, -0.1) is 0 Å². The number of alkyl halides is 2. The lowest BCUT2D eigenvalue weighted by Crippen LogP contribution is -2.41. The summed E-state index contributed by atoms with van der Waals surface area (Å²) in [5, 5.41) is 11.9. The van der Waals surface area contributed by atoms with Gasteiger partial charge in [-0.05, 0) is 37.3 Å². The van der Waals surface area contributed by atoms with Crippen molar-refractivity contribution in [2.45, 2.75) is 26.2 Å². The first-order valence-electron chi connectivity index (χ1n) is 7.68. The van der Waals surface area contributed by atoms with Crippen molar-refractivity contribution in [3.8, 4) is 5.75 Å². The molecule has 5 nitrogen and oxygen atoms in total. The molecule has 0 radical (unpaired) electrons. The average Bonchev–Trinajstić information content (AvgIpc) is 2.55. The van der Waals surface area contributed by atoms with Crippen molar-refractivity contribution in [2.75, 3.05) is 31.6 Å². The van der Waals surface area contributed by atoms with Gasteiger partial charge in [-0.2, -0.15) is 0 Å². The van der Waals surface area contributed by atoms with E-state index in [2.05, 4.69) is 5.32 Å². The smallest absolute Gasteiger partial charge is 0.321 e. The molecular weight excluding hydrogens is 306 g/mol. The molecule has 128 valence electrons. The SMILES string of the molecule is Cc1ccc(NC(=O)N2CCC(CO)CC2)cc1OCC(F)F. The molecule has 0 unspecified atom stereocenters. The van der Waals surface area contributed by atoms with Crippen LogP contribution < -0.4 is 10.1 Å². The molecule has 2 N–H and O–H groups in total. The normalized spacial score (nSPS) is 15.8. The van der Waals surface area contributed by atoms with E-state index in [-0.39, 0.29) is 18.6 Å². The number of nitrogens with zero attached hydrogens (tertiary/aromatic N) is 1. The lowest BCUT2D eigenvalue weighted by Gasteiger charge is -2.31. The molecule has 1 aromatic rings. The maximum Gasteiger partial charge on any atom is 0.321 e. The number of benzene rings is 1. The van der Waals surface area contributed by atoms with Crippen molar-refractivity contribution in [2.24, 2.45) is 5.92 Å². The molecule has 2 amide bonds. The highest BCUT2D eigenvalue weighted by atomic mass is 19.3. The van der Waals surface area contributed by atoms with Crippen molar-refractivity contribution < 1.29 is 23.4 Å². The second-order valence-corrected chi connectivity index (χ2v) is 5.73. The molecule has 2 rings (SSSR count). The first kappa shape index (κ1) is 17.5. The molecule has 1 saturated heterocycles. The number of carbonyl (C=O) groups is 1. The number of nitrogens with one attached hydrogen (secondary N) is 1. The van der Waals surface area contributed by atoms with Crippen LogP contribution in [0.4, 0.5) is 19.3 Å². The maximum absolute atomic E-state index is 12.2. The minimum absolute atomic E-state index is 0.151. The van der Waals surface area contributed by atoms with Gasteiger partial charge in [-0.3, -0.25) is 0 Å². The largest absolute Gasteiger partial charge is 0.487 e. The van der Waals surface area contributed by atoms with Crippen molar-refractivity contribution >= 4 is 11.7 Å². The number of amides is 2. The summed E-state index contributed by atoms with van der Waals surface area (Å²) in [6.45, 7) is 2.42. The van der Waals surface area contributed by atoms with Crippen molar-refractivity contribution in [3.63, 3.8) is 0 Å². The molecule has 0 bridgehead atoms. The van der Waals surface area contributed by atoms with Crippen LogP contribution in [0, 0.1) is 12.8 Å². The molecule has 1 aliphatic heterocycles. The molecule has 1 heterocycles. The predicted octanol–water partition coefficient (Wildman–Crippen LogP) is 2.88. The number of piperidine rings is 1. The zero-order valence-corrected chi connectivity index (χ0v) is 13.1. The fourth-order valence-corrected chi connectivity index (χ4v) is 2.51. The van der Waals surface area contributed by atoms with Gasteiger partial charge in [0.05, 0.1) is 0 Å². The highest BCUT2D eigenvalue weighted by Gasteiger charge is 2.22. The van der Waals surface area contributed by atoms with Gasteiger partial charge in [0.25, 0.3) is 6.43 Å². The predicted molar refractivity (Wildman–Crippen MR) is 83.1 cm³/mol. The zero-order chi connectivity index (χ0) is 16.8. The van der Waals surface area contributed by atoms with Gasteiger partial charge in [0.1, 0.15) is 12.4 Å². The number of urea groups is 1. The van der Waals surface area contributed by atoms with Crippen LogP contribution in [0.2, 0.25) is 0 Å². The first-order chi connectivity index (χ1) is 11.0. The molecule has 23 heavy (non-hydrogen) atoms. The number of aliphatic hydroxyl groups is 1. The Morgan fingerprint density at radius 1 is 1.43 bits per heavy atom. The van der Waals surface area contributed by atoms with Crippen LogP contribution in [-0.4, -0.2) is 48.8 Å². The zero-order valence-electron chi connectivity index (χ0n) is 13.1. The molecule has 0 aromatic heterocycles. The molecule has 1 aliphatic rings. The monoisotopic (exact) mass is 328 g/mol. The van der Waals surface area contributed by atoms with Crippen molar-refractivity contribution in [1.29, 1.82) is 0 Å². The quantitative estimate of drug-likeness (QED) is 0.874. The molecule has 0 saturated carbocycles. The summed E-state index contributed by atoms with van der Waals surface area (Å²) in [4.78, 5) is 13.9. The van der Waals surface area contributed by atoms with Gasteiger partial charge in [0.2, 0.25) is 0 Å². The van der Waals surface area contributed by atoms with Crippen molar-refractivity contribution in [3.05, 3.63) is 23.8 Å². The summed E-state index contributed by atoms with van der Waals surface area (Å²) >= 11 is 0. The third kappa shape index (κ3) is 5.06. The summed E-state index contributed by atoms with van der Waals surface area (Å²) in [7, 11) is 0. The molecule has 1 fully saturated rings. The fraction of sp³-hybridized carbons (Fsp3) is 0.562. The van der Waals surface area contributed by atoms with E-state index >= 15 is 0 Å². The van der Waals surface area contributed by atoms with Crippen LogP contribution in [0.1, 0.15) is 18.4 Å². The number of rotatable bonds is 5. The van der Waals surface area contributed by atoms with Crippen LogP contribution in [0.25, 0.3) is 0 Å². The minimum atomic E-state index is -2.54.